The van der Waals surface area contributed by atoms with E-state index < -0.39 is 11.6 Å². The van der Waals surface area contributed by atoms with Crippen molar-refractivity contribution in [1.29, 1.82) is 0 Å². The molecule has 0 aliphatic heterocycles. The number of aryl methyl sites for hydroxylation is 1. The van der Waals surface area contributed by atoms with Gasteiger partial charge in [0.25, 0.3) is 0 Å². The summed E-state index contributed by atoms with van der Waals surface area (Å²) in [5.74, 6) is -1.89. The highest BCUT2D eigenvalue weighted by Crippen LogP contribution is 2.27. The highest BCUT2D eigenvalue weighted by molar-refractivity contribution is 6.49. The summed E-state index contributed by atoms with van der Waals surface area (Å²) < 4.78 is 26.6. The number of aliphatic hydroxyl groups is 1. The second kappa shape index (κ2) is 4.73. The van der Waals surface area contributed by atoms with Gasteiger partial charge in [-0.1, -0.05) is 23.7 Å². The Morgan fingerprint density at radius 1 is 1.33 bits per heavy atom. The molecular weight excluding hydrogens is 222 g/mol. The lowest BCUT2D eigenvalue weighted by Crippen LogP contribution is -1.97. The molecule has 0 aliphatic rings. The molecule has 0 saturated heterocycles. The number of rotatable bonds is 2. The Labute approximate surface area is 92.0 Å². The van der Waals surface area contributed by atoms with Crippen molar-refractivity contribution in [2.45, 2.75) is 13.8 Å². The van der Waals surface area contributed by atoms with E-state index >= 15 is 0 Å². The van der Waals surface area contributed by atoms with Gasteiger partial charge in [0.1, 0.15) is 0 Å². The van der Waals surface area contributed by atoms with E-state index in [0.717, 1.165) is 0 Å². The first kappa shape index (κ1) is 12.1. The lowest BCUT2D eigenvalue weighted by Gasteiger charge is -2.07. The van der Waals surface area contributed by atoms with E-state index in [4.69, 9.17) is 16.7 Å². The number of aliphatic hydroxyl groups excluding tert-OH is 1. The van der Waals surface area contributed by atoms with Gasteiger partial charge in [-0.15, -0.1) is 0 Å². The van der Waals surface area contributed by atoms with Crippen LogP contribution in [-0.4, -0.2) is 11.7 Å². The molecule has 0 aliphatic carbocycles. The molecule has 82 valence electrons. The molecule has 0 aromatic heterocycles. The van der Waals surface area contributed by atoms with Crippen molar-refractivity contribution in [2.24, 2.45) is 0 Å². The lowest BCUT2D eigenvalue weighted by atomic mass is 10.1. The zero-order valence-electron chi connectivity index (χ0n) is 8.44. The highest BCUT2D eigenvalue weighted by atomic mass is 35.5. The third kappa shape index (κ3) is 2.36. The maximum atomic E-state index is 13.4. The van der Waals surface area contributed by atoms with Gasteiger partial charge in [-0.25, -0.2) is 8.78 Å². The minimum atomic E-state index is -0.979. The maximum absolute atomic E-state index is 13.4. The SMILES string of the molecule is C/C(CO)=C(\Cl)c1ccc(C)c(F)c1F. The number of hydrogen-bond acceptors (Lipinski definition) is 1. The lowest BCUT2D eigenvalue weighted by molar-refractivity contribution is 0.332. The largest absolute Gasteiger partial charge is 0.392 e. The van der Waals surface area contributed by atoms with Crippen LogP contribution in [0.15, 0.2) is 17.7 Å². The van der Waals surface area contributed by atoms with Crippen LogP contribution >= 0.6 is 11.6 Å². The Morgan fingerprint density at radius 3 is 2.47 bits per heavy atom. The average molecular weight is 233 g/mol. The second-order valence-corrected chi connectivity index (χ2v) is 3.69. The summed E-state index contributed by atoms with van der Waals surface area (Å²) >= 11 is 5.80. The van der Waals surface area contributed by atoms with Crippen molar-refractivity contribution in [3.63, 3.8) is 0 Å². The Hall–Kier alpha value is -0.930. The Bertz CT molecular complexity index is 413. The smallest absolute Gasteiger partial charge is 0.167 e. The predicted octanol–water partition coefficient (Wildman–Crippen LogP) is 3.24. The summed E-state index contributed by atoms with van der Waals surface area (Å²) in [6, 6.07) is 2.84. The topological polar surface area (TPSA) is 20.2 Å². The molecule has 1 N–H and O–H groups in total. The molecule has 0 amide bonds. The van der Waals surface area contributed by atoms with E-state index in [1.165, 1.54) is 19.1 Å². The van der Waals surface area contributed by atoms with Crippen LogP contribution in [0.5, 0.6) is 0 Å². The molecule has 1 aromatic carbocycles. The van der Waals surface area contributed by atoms with Crippen LogP contribution in [0.25, 0.3) is 5.03 Å². The fourth-order valence-electron chi connectivity index (χ4n) is 1.11. The van der Waals surface area contributed by atoms with Crippen molar-refractivity contribution in [3.8, 4) is 0 Å². The molecule has 1 rings (SSSR count). The van der Waals surface area contributed by atoms with Crippen LogP contribution in [0.4, 0.5) is 8.78 Å². The van der Waals surface area contributed by atoms with Crippen molar-refractivity contribution < 1.29 is 13.9 Å². The molecule has 4 heteroatoms. The molecule has 1 nitrogen and oxygen atoms in total. The first-order chi connectivity index (χ1) is 6.99. The average Bonchev–Trinajstić information content (AvgIpc) is 2.24. The fourth-order valence-corrected chi connectivity index (χ4v) is 1.32. The molecule has 0 spiro atoms. The predicted molar refractivity (Wildman–Crippen MR) is 56.6 cm³/mol. The third-order valence-electron chi connectivity index (χ3n) is 2.12. The van der Waals surface area contributed by atoms with Crippen LogP contribution < -0.4 is 0 Å². The summed E-state index contributed by atoms with van der Waals surface area (Å²) in [7, 11) is 0. The number of hydrogen-bond donors (Lipinski definition) is 1. The summed E-state index contributed by atoms with van der Waals surface area (Å²) in [6.07, 6.45) is 0. The van der Waals surface area contributed by atoms with E-state index in [9.17, 15) is 8.78 Å². The number of benzene rings is 1. The molecular formula is C11H11ClF2O. The molecule has 0 radical (unpaired) electrons. The zero-order chi connectivity index (χ0) is 11.6. The first-order valence-corrected chi connectivity index (χ1v) is 4.78. The van der Waals surface area contributed by atoms with Crippen molar-refractivity contribution in [3.05, 3.63) is 40.5 Å². The molecule has 1 aromatic rings. The first-order valence-electron chi connectivity index (χ1n) is 4.40. The molecule has 0 fully saturated rings. The van der Waals surface area contributed by atoms with E-state index in [-0.39, 0.29) is 22.8 Å². The molecule has 0 saturated carbocycles. The summed E-state index contributed by atoms with van der Waals surface area (Å²) in [5, 5.41) is 8.87. The van der Waals surface area contributed by atoms with Crippen LogP contribution in [0.2, 0.25) is 0 Å². The molecule has 0 heterocycles. The number of halogens is 3. The standard InChI is InChI=1S/C11H11ClF2O/c1-6-3-4-8(11(14)10(6)13)9(12)7(2)5-15/h3-4,15H,5H2,1-2H3/b9-7+. The van der Waals surface area contributed by atoms with Gasteiger partial charge in [0.15, 0.2) is 11.6 Å². The molecule has 0 unspecified atom stereocenters. The van der Waals surface area contributed by atoms with Gasteiger partial charge in [0.2, 0.25) is 0 Å². The zero-order valence-corrected chi connectivity index (χ0v) is 9.20. The third-order valence-corrected chi connectivity index (χ3v) is 2.65. The van der Waals surface area contributed by atoms with Crippen LogP contribution in [0, 0.1) is 18.6 Å². The Balaban J connectivity index is 3.35. The monoisotopic (exact) mass is 232 g/mol. The summed E-state index contributed by atoms with van der Waals surface area (Å²) in [5.41, 5.74) is 0.604. The minimum absolute atomic E-state index is 0.0219. The highest BCUT2D eigenvalue weighted by Gasteiger charge is 2.14. The summed E-state index contributed by atoms with van der Waals surface area (Å²) in [6.45, 7) is 2.74. The normalized spacial score (nSPS) is 12.7. The maximum Gasteiger partial charge on any atom is 0.167 e. The van der Waals surface area contributed by atoms with Gasteiger partial charge in [0, 0.05) is 5.56 Å². The van der Waals surface area contributed by atoms with Gasteiger partial charge in [-0.05, 0) is 25.0 Å². The van der Waals surface area contributed by atoms with Crippen LogP contribution in [0.3, 0.4) is 0 Å². The minimum Gasteiger partial charge on any atom is -0.392 e. The summed E-state index contributed by atoms with van der Waals surface area (Å²) in [4.78, 5) is 0. The molecule has 15 heavy (non-hydrogen) atoms. The van der Waals surface area contributed by atoms with Crippen molar-refractivity contribution in [1.82, 2.24) is 0 Å². The fraction of sp³-hybridized carbons (Fsp3) is 0.273. The van der Waals surface area contributed by atoms with E-state index in [1.807, 2.05) is 0 Å². The Morgan fingerprint density at radius 2 is 1.93 bits per heavy atom. The van der Waals surface area contributed by atoms with Gasteiger partial charge < -0.3 is 5.11 Å². The molecule has 0 bridgehead atoms. The van der Waals surface area contributed by atoms with E-state index in [2.05, 4.69) is 0 Å². The van der Waals surface area contributed by atoms with Crippen LogP contribution in [0.1, 0.15) is 18.1 Å². The molecule has 0 atom stereocenters. The van der Waals surface area contributed by atoms with Gasteiger partial charge in [-0.3, -0.25) is 0 Å². The van der Waals surface area contributed by atoms with E-state index in [0.29, 0.717) is 5.57 Å². The van der Waals surface area contributed by atoms with Crippen molar-refractivity contribution >= 4 is 16.6 Å². The van der Waals surface area contributed by atoms with E-state index in [1.54, 1.807) is 6.92 Å². The van der Waals surface area contributed by atoms with Gasteiger partial charge >= 0.3 is 0 Å². The van der Waals surface area contributed by atoms with Crippen LogP contribution in [-0.2, 0) is 0 Å². The quantitative estimate of drug-likeness (QED) is 0.830. The second-order valence-electron chi connectivity index (χ2n) is 3.31. The van der Waals surface area contributed by atoms with Crippen molar-refractivity contribution in [2.75, 3.05) is 6.61 Å². The Kier molecular flexibility index (Phi) is 3.83. The van der Waals surface area contributed by atoms with Gasteiger partial charge in [0.05, 0.1) is 11.6 Å². The van der Waals surface area contributed by atoms with Gasteiger partial charge in [-0.2, -0.15) is 0 Å².